The first kappa shape index (κ1) is 8.93. The van der Waals surface area contributed by atoms with E-state index in [1.54, 1.807) is 0 Å². The number of carbonyl (C=O) groups is 1. The lowest BCUT2D eigenvalue weighted by molar-refractivity contribution is 0.110. The minimum atomic E-state index is -2.69. The SMILES string of the molecule is O=Cc1cc2c(cc1C(F)F)OCO2. The van der Waals surface area contributed by atoms with Crippen molar-refractivity contribution in [1.29, 1.82) is 0 Å². The van der Waals surface area contributed by atoms with Crippen LogP contribution in [0.3, 0.4) is 0 Å². The second kappa shape index (κ2) is 3.25. The molecule has 14 heavy (non-hydrogen) atoms. The molecule has 2 rings (SSSR count). The van der Waals surface area contributed by atoms with Crippen LogP contribution in [0.25, 0.3) is 0 Å². The zero-order valence-electron chi connectivity index (χ0n) is 7.00. The van der Waals surface area contributed by atoms with Crippen molar-refractivity contribution in [2.75, 3.05) is 6.79 Å². The minimum Gasteiger partial charge on any atom is -0.454 e. The summed E-state index contributed by atoms with van der Waals surface area (Å²) in [6, 6.07) is 2.40. The van der Waals surface area contributed by atoms with E-state index in [0.717, 1.165) is 6.07 Å². The van der Waals surface area contributed by atoms with Crippen LogP contribution < -0.4 is 9.47 Å². The first-order valence-electron chi connectivity index (χ1n) is 3.89. The number of hydrogen-bond acceptors (Lipinski definition) is 3. The lowest BCUT2D eigenvalue weighted by Crippen LogP contribution is -1.93. The first-order valence-corrected chi connectivity index (χ1v) is 3.89. The number of ether oxygens (including phenoxy) is 2. The Hall–Kier alpha value is -1.65. The van der Waals surface area contributed by atoms with Crippen LogP contribution in [0.5, 0.6) is 11.5 Å². The summed E-state index contributed by atoms with van der Waals surface area (Å²) >= 11 is 0. The average Bonchev–Trinajstić information content (AvgIpc) is 2.62. The summed E-state index contributed by atoms with van der Waals surface area (Å²) in [5, 5.41) is 0. The molecule has 0 saturated carbocycles. The van der Waals surface area contributed by atoms with Gasteiger partial charge in [0.15, 0.2) is 17.8 Å². The van der Waals surface area contributed by atoms with E-state index in [9.17, 15) is 13.6 Å². The number of alkyl halides is 2. The fraction of sp³-hybridized carbons (Fsp3) is 0.222. The third-order valence-electron chi connectivity index (χ3n) is 1.94. The van der Waals surface area contributed by atoms with Crippen molar-refractivity contribution in [3.05, 3.63) is 23.3 Å². The molecule has 1 heterocycles. The summed E-state index contributed by atoms with van der Waals surface area (Å²) < 4.78 is 34.7. The van der Waals surface area contributed by atoms with Gasteiger partial charge in [-0.15, -0.1) is 0 Å². The van der Waals surface area contributed by atoms with Crippen molar-refractivity contribution in [1.82, 2.24) is 0 Å². The molecule has 0 unspecified atom stereocenters. The van der Waals surface area contributed by atoms with E-state index in [2.05, 4.69) is 0 Å². The molecule has 1 aromatic carbocycles. The number of halogens is 2. The first-order chi connectivity index (χ1) is 6.72. The summed E-state index contributed by atoms with van der Waals surface area (Å²) in [5.41, 5.74) is -0.395. The molecule has 0 saturated heterocycles. The predicted molar refractivity (Wildman–Crippen MR) is 42.9 cm³/mol. The Kier molecular flexibility index (Phi) is 2.07. The molecule has 0 radical (unpaired) electrons. The molecule has 1 aliphatic rings. The predicted octanol–water partition coefficient (Wildman–Crippen LogP) is 2.17. The Balaban J connectivity index is 2.54. The Morgan fingerprint density at radius 2 is 1.93 bits per heavy atom. The fourth-order valence-electron chi connectivity index (χ4n) is 1.26. The molecule has 0 fully saturated rings. The van der Waals surface area contributed by atoms with Gasteiger partial charge in [-0.25, -0.2) is 8.78 Å². The standard InChI is InChI=1S/C9H6F2O3/c10-9(11)6-2-8-7(13-4-14-8)1-5(6)3-12/h1-3,9H,4H2. The molecule has 1 aliphatic heterocycles. The van der Waals surface area contributed by atoms with Crippen LogP contribution >= 0.6 is 0 Å². The van der Waals surface area contributed by atoms with Crippen LogP contribution in [0.15, 0.2) is 12.1 Å². The largest absolute Gasteiger partial charge is 0.454 e. The van der Waals surface area contributed by atoms with Crippen molar-refractivity contribution in [2.45, 2.75) is 6.43 Å². The van der Waals surface area contributed by atoms with Gasteiger partial charge in [0.25, 0.3) is 6.43 Å². The quantitative estimate of drug-likeness (QED) is 0.686. The molecule has 0 bridgehead atoms. The highest BCUT2D eigenvalue weighted by Crippen LogP contribution is 2.37. The van der Waals surface area contributed by atoms with Crippen LogP contribution in [-0.2, 0) is 0 Å². The van der Waals surface area contributed by atoms with Gasteiger partial charge in [0.05, 0.1) is 0 Å². The smallest absolute Gasteiger partial charge is 0.264 e. The van der Waals surface area contributed by atoms with Gasteiger partial charge in [-0.3, -0.25) is 4.79 Å². The highest BCUT2D eigenvalue weighted by Gasteiger charge is 2.21. The van der Waals surface area contributed by atoms with Gasteiger partial charge in [0, 0.05) is 11.1 Å². The van der Waals surface area contributed by atoms with Crippen LogP contribution in [0.4, 0.5) is 8.78 Å². The Bertz CT molecular complexity index is 377. The summed E-state index contributed by atoms with van der Waals surface area (Å²) in [7, 11) is 0. The topological polar surface area (TPSA) is 35.5 Å². The fourth-order valence-corrected chi connectivity index (χ4v) is 1.26. The molecular weight excluding hydrogens is 194 g/mol. The Morgan fingerprint density at radius 3 is 2.50 bits per heavy atom. The van der Waals surface area contributed by atoms with E-state index in [4.69, 9.17) is 9.47 Å². The molecule has 0 aliphatic carbocycles. The molecule has 0 aromatic heterocycles. The number of benzene rings is 1. The van der Waals surface area contributed by atoms with Crippen molar-refractivity contribution >= 4 is 6.29 Å². The van der Waals surface area contributed by atoms with Crippen molar-refractivity contribution in [3.8, 4) is 11.5 Å². The number of aldehydes is 1. The third kappa shape index (κ3) is 1.30. The van der Waals surface area contributed by atoms with Crippen molar-refractivity contribution < 1.29 is 23.0 Å². The monoisotopic (exact) mass is 200 g/mol. The highest BCUT2D eigenvalue weighted by molar-refractivity contribution is 5.79. The normalized spacial score (nSPS) is 13.4. The Labute approximate surface area is 78.2 Å². The van der Waals surface area contributed by atoms with Crippen LogP contribution in [-0.4, -0.2) is 13.1 Å². The van der Waals surface area contributed by atoms with E-state index in [1.807, 2.05) is 0 Å². The molecule has 0 spiro atoms. The molecule has 5 heteroatoms. The maximum atomic E-state index is 12.4. The van der Waals surface area contributed by atoms with Gasteiger partial charge in [-0.2, -0.15) is 0 Å². The van der Waals surface area contributed by atoms with E-state index < -0.39 is 6.43 Å². The van der Waals surface area contributed by atoms with Gasteiger partial charge in [-0.1, -0.05) is 0 Å². The van der Waals surface area contributed by atoms with E-state index in [-0.39, 0.29) is 23.7 Å². The van der Waals surface area contributed by atoms with E-state index in [1.165, 1.54) is 6.07 Å². The molecule has 0 atom stereocenters. The minimum absolute atomic E-state index is 0.000319. The maximum Gasteiger partial charge on any atom is 0.264 e. The van der Waals surface area contributed by atoms with Gasteiger partial charge in [0.2, 0.25) is 6.79 Å². The summed E-state index contributed by atoms with van der Waals surface area (Å²) in [6.07, 6.45) is -2.31. The number of fused-ring (bicyclic) bond motifs is 1. The average molecular weight is 200 g/mol. The summed E-state index contributed by atoms with van der Waals surface area (Å²) in [4.78, 5) is 10.5. The zero-order valence-corrected chi connectivity index (χ0v) is 7.00. The second-order valence-corrected chi connectivity index (χ2v) is 2.75. The molecule has 1 aromatic rings. The highest BCUT2D eigenvalue weighted by atomic mass is 19.3. The number of carbonyl (C=O) groups excluding carboxylic acids is 1. The molecule has 74 valence electrons. The van der Waals surface area contributed by atoms with Gasteiger partial charge in [0.1, 0.15) is 0 Å². The van der Waals surface area contributed by atoms with Crippen LogP contribution in [0.2, 0.25) is 0 Å². The van der Waals surface area contributed by atoms with Crippen LogP contribution in [0, 0.1) is 0 Å². The van der Waals surface area contributed by atoms with E-state index >= 15 is 0 Å². The van der Waals surface area contributed by atoms with Gasteiger partial charge >= 0.3 is 0 Å². The van der Waals surface area contributed by atoms with Crippen molar-refractivity contribution in [2.24, 2.45) is 0 Å². The maximum absolute atomic E-state index is 12.4. The van der Waals surface area contributed by atoms with Crippen molar-refractivity contribution in [3.63, 3.8) is 0 Å². The zero-order chi connectivity index (χ0) is 10.1. The van der Waals surface area contributed by atoms with E-state index in [0.29, 0.717) is 12.0 Å². The second-order valence-electron chi connectivity index (χ2n) is 2.75. The Morgan fingerprint density at radius 1 is 1.29 bits per heavy atom. The van der Waals surface area contributed by atoms with Crippen LogP contribution in [0.1, 0.15) is 22.3 Å². The molecular formula is C9H6F2O3. The number of rotatable bonds is 2. The molecule has 0 amide bonds. The summed E-state index contributed by atoms with van der Waals surface area (Å²) in [6.45, 7) is 0.000319. The summed E-state index contributed by atoms with van der Waals surface area (Å²) in [5.74, 6) is 0.586. The lowest BCUT2D eigenvalue weighted by atomic mass is 10.1. The lowest BCUT2D eigenvalue weighted by Gasteiger charge is -2.04. The number of hydrogen-bond donors (Lipinski definition) is 0. The molecule has 3 nitrogen and oxygen atoms in total. The molecule has 0 N–H and O–H groups in total. The van der Waals surface area contributed by atoms with Gasteiger partial charge < -0.3 is 9.47 Å². The third-order valence-corrected chi connectivity index (χ3v) is 1.94. The van der Waals surface area contributed by atoms with Gasteiger partial charge in [-0.05, 0) is 12.1 Å².